The lowest BCUT2D eigenvalue weighted by molar-refractivity contribution is -0.109. The average Bonchev–Trinajstić information content (AvgIpc) is 1.88. The van der Waals surface area contributed by atoms with Gasteiger partial charge >= 0.3 is 0 Å². The topological polar surface area (TPSA) is 37.3 Å². The van der Waals surface area contributed by atoms with Crippen LogP contribution in [-0.4, -0.2) is 17.5 Å². The zero-order valence-electron chi connectivity index (χ0n) is 6.12. The molecule has 2 nitrogen and oxygen atoms in total. The Bertz CT molecular complexity index is 112. The van der Waals surface area contributed by atoms with Crippen LogP contribution in [0.2, 0.25) is 0 Å². The minimum absolute atomic E-state index is 0.140. The summed E-state index contributed by atoms with van der Waals surface area (Å²) in [6.07, 6.45) is 5.42. The van der Waals surface area contributed by atoms with Crippen molar-refractivity contribution in [1.82, 2.24) is 0 Å². The third-order valence-electron chi connectivity index (χ3n) is 2.18. The number of carbonyl (C=O) groups is 1. The molecule has 58 valence electrons. The molecule has 0 saturated heterocycles. The van der Waals surface area contributed by atoms with Gasteiger partial charge in [-0.05, 0) is 25.2 Å². The van der Waals surface area contributed by atoms with Crippen LogP contribution in [-0.2, 0) is 4.79 Å². The normalized spacial score (nSPS) is 33.7. The summed E-state index contributed by atoms with van der Waals surface area (Å²) in [6.45, 7) is 0. The van der Waals surface area contributed by atoms with Crippen molar-refractivity contribution >= 4 is 6.29 Å². The summed E-state index contributed by atoms with van der Waals surface area (Å²) in [4.78, 5) is 10.1. The van der Waals surface area contributed by atoms with E-state index in [0.29, 0.717) is 12.3 Å². The fourth-order valence-electron chi connectivity index (χ4n) is 1.61. The molecule has 0 spiro atoms. The van der Waals surface area contributed by atoms with Crippen LogP contribution in [0.3, 0.4) is 0 Å². The van der Waals surface area contributed by atoms with Crippen LogP contribution in [0.5, 0.6) is 0 Å². The molecule has 0 aliphatic heterocycles. The van der Waals surface area contributed by atoms with Crippen LogP contribution in [0.4, 0.5) is 0 Å². The smallest absolute Gasteiger partial charge is 0.120 e. The summed E-state index contributed by atoms with van der Waals surface area (Å²) < 4.78 is 0. The first kappa shape index (κ1) is 7.73. The van der Waals surface area contributed by atoms with E-state index < -0.39 is 0 Å². The molecule has 10 heavy (non-hydrogen) atoms. The van der Waals surface area contributed by atoms with Gasteiger partial charge in [-0.3, -0.25) is 0 Å². The first-order valence-corrected chi connectivity index (χ1v) is 3.94. The van der Waals surface area contributed by atoms with Gasteiger partial charge in [-0.15, -0.1) is 0 Å². The van der Waals surface area contributed by atoms with E-state index in [9.17, 15) is 9.90 Å². The van der Waals surface area contributed by atoms with Gasteiger partial charge in [0.25, 0.3) is 0 Å². The molecule has 1 N–H and O–H groups in total. The number of hydrogen-bond donors (Lipinski definition) is 1. The van der Waals surface area contributed by atoms with E-state index in [4.69, 9.17) is 0 Å². The van der Waals surface area contributed by atoms with Gasteiger partial charge in [-0.25, -0.2) is 0 Å². The first-order chi connectivity index (χ1) is 4.83. The SMILES string of the molecule is O=CCC1CCCC(O)C1. The molecular weight excluding hydrogens is 128 g/mol. The van der Waals surface area contributed by atoms with Crippen molar-refractivity contribution in [3.8, 4) is 0 Å². The van der Waals surface area contributed by atoms with Crippen LogP contribution in [0, 0.1) is 5.92 Å². The van der Waals surface area contributed by atoms with Gasteiger partial charge < -0.3 is 9.90 Å². The summed E-state index contributed by atoms with van der Waals surface area (Å²) >= 11 is 0. The van der Waals surface area contributed by atoms with E-state index in [1.54, 1.807) is 0 Å². The molecule has 0 aromatic carbocycles. The van der Waals surface area contributed by atoms with Gasteiger partial charge in [0.05, 0.1) is 6.10 Å². The summed E-state index contributed by atoms with van der Waals surface area (Å²) in [5.41, 5.74) is 0. The lowest BCUT2D eigenvalue weighted by atomic mass is 9.86. The maximum absolute atomic E-state index is 10.1. The zero-order valence-corrected chi connectivity index (χ0v) is 6.12. The van der Waals surface area contributed by atoms with Crippen LogP contribution in [0.15, 0.2) is 0 Å². The minimum atomic E-state index is -0.140. The fraction of sp³-hybridized carbons (Fsp3) is 0.875. The van der Waals surface area contributed by atoms with Crippen LogP contribution >= 0.6 is 0 Å². The molecule has 0 aromatic rings. The molecular formula is C8H14O2. The second-order valence-corrected chi connectivity index (χ2v) is 3.09. The number of aldehydes is 1. The molecule has 0 aromatic heterocycles. The molecule has 1 aliphatic rings. The highest BCUT2D eigenvalue weighted by Gasteiger charge is 2.18. The molecule has 2 heteroatoms. The Hall–Kier alpha value is -0.370. The maximum atomic E-state index is 10.1. The van der Waals surface area contributed by atoms with Gasteiger partial charge in [0, 0.05) is 6.42 Å². The summed E-state index contributed by atoms with van der Waals surface area (Å²) in [5.74, 6) is 0.459. The highest BCUT2D eigenvalue weighted by molar-refractivity contribution is 5.49. The van der Waals surface area contributed by atoms with Gasteiger partial charge in [0.15, 0.2) is 0 Å². The van der Waals surface area contributed by atoms with E-state index in [1.165, 1.54) is 0 Å². The predicted octanol–water partition coefficient (Wildman–Crippen LogP) is 1.13. The van der Waals surface area contributed by atoms with Crippen molar-refractivity contribution in [2.75, 3.05) is 0 Å². The second kappa shape index (κ2) is 3.71. The molecule has 0 amide bonds. The number of rotatable bonds is 2. The van der Waals surface area contributed by atoms with Crippen LogP contribution in [0.1, 0.15) is 32.1 Å². The monoisotopic (exact) mass is 142 g/mol. The molecule has 1 rings (SSSR count). The Kier molecular flexibility index (Phi) is 2.87. The average molecular weight is 142 g/mol. The third kappa shape index (κ3) is 2.10. The maximum Gasteiger partial charge on any atom is 0.120 e. The Balaban J connectivity index is 2.24. The highest BCUT2D eigenvalue weighted by atomic mass is 16.3. The molecule has 1 saturated carbocycles. The van der Waals surface area contributed by atoms with Crippen molar-refractivity contribution in [3.63, 3.8) is 0 Å². The van der Waals surface area contributed by atoms with Crippen molar-refractivity contribution in [1.29, 1.82) is 0 Å². The van der Waals surface area contributed by atoms with E-state index in [2.05, 4.69) is 0 Å². The zero-order chi connectivity index (χ0) is 7.40. The molecule has 2 unspecified atom stereocenters. The van der Waals surface area contributed by atoms with E-state index in [0.717, 1.165) is 32.0 Å². The van der Waals surface area contributed by atoms with E-state index >= 15 is 0 Å². The van der Waals surface area contributed by atoms with Gasteiger partial charge in [-0.1, -0.05) is 6.42 Å². The number of carbonyl (C=O) groups excluding carboxylic acids is 1. The Labute approximate surface area is 61.2 Å². The Morgan fingerprint density at radius 3 is 2.90 bits per heavy atom. The highest BCUT2D eigenvalue weighted by Crippen LogP contribution is 2.25. The fourth-order valence-corrected chi connectivity index (χ4v) is 1.61. The molecule has 0 radical (unpaired) electrons. The van der Waals surface area contributed by atoms with Crippen LogP contribution < -0.4 is 0 Å². The summed E-state index contributed by atoms with van der Waals surface area (Å²) in [7, 11) is 0. The van der Waals surface area contributed by atoms with E-state index in [1.807, 2.05) is 0 Å². The molecule has 0 bridgehead atoms. The lowest BCUT2D eigenvalue weighted by Gasteiger charge is -2.23. The molecule has 1 fully saturated rings. The molecule has 0 heterocycles. The predicted molar refractivity (Wildman–Crippen MR) is 38.6 cm³/mol. The third-order valence-corrected chi connectivity index (χ3v) is 2.18. The minimum Gasteiger partial charge on any atom is -0.393 e. The van der Waals surface area contributed by atoms with Crippen molar-refractivity contribution in [2.24, 2.45) is 5.92 Å². The number of hydrogen-bond acceptors (Lipinski definition) is 2. The number of aliphatic hydroxyl groups is 1. The van der Waals surface area contributed by atoms with Crippen LogP contribution in [0.25, 0.3) is 0 Å². The summed E-state index contributed by atoms with van der Waals surface area (Å²) in [6, 6.07) is 0. The van der Waals surface area contributed by atoms with Gasteiger partial charge in [0.1, 0.15) is 6.29 Å². The van der Waals surface area contributed by atoms with E-state index in [-0.39, 0.29) is 6.10 Å². The largest absolute Gasteiger partial charge is 0.393 e. The number of aliphatic hydroxyl groups excluding tert-OH is 1. The van der Waals surface area contributed by atoms with Crippen molar-refractivity contribution in [2.45, 2.75) is 38.2 Å². The van der Waals surface area contributed by atoms with Crippen molar-refractivity contribution in [3.05, 3.63) is 0 Å². The van der Waals surface area contributed by atoms with Crippen molar-refractivity contribution < 1.29 is 9.90 Å². The van der Waals surface area contributed by atoms with Gasteiger partial charge in [0.2, 0.25) is 0 Å². The lowest BCUT2D eigenvalue weighted by Crippen LogP contribution is -2.19. The first-order valence-electron chi connectivity index (χ1n) is 3.94. The molecule has 1 aliphatic carbocycles. The van der Waals surface area contributed by atoms with Gasteiger partial charge in [-0.2, -0.15) is 0 Å². The second-order valence-electron chi connectivity index (χ2n) is 3.09. The quantitative estimate of drug-likeness (QED) is 0.587. The Morgan fingerprint density at radius 2 is 2.30 bits per heavy atom. The summed E-state index contributed by atoms with van der Waals surface area (Å²) in [5, 5.41) is 9.19. The molecule has 2 atom stereocenters. The Morgan fingerprint density at radius 1 is 1.50 bits per heavy atom. The standard InChI is InChI=1S/C8H14O2/c9-5-4-7-2-1-3-8(10)6-7/h5,7-8,10H,1-4,6H2.